The number of aliphatic carboxylic acids is 1. The number of halogens is 1. The van der Waals surface area contributed by atoms with Gasteiger partial charge in [0, 0.05) is 10.5 Å². The van der Waals surface area contributed by atoms with Crippen LogP contribution in [0.15, 0.2) is 27.8 Å². The first-order valence-electron chi connectivity index (χ1n) is 6.34. The lowest BCUT2D eigenvalue weighted by Crippen LogP contribution is -2.03. The second-order valence-corrected chi connectivity index (χ2v) is 6.61. The average molecular weight is 370 g/mol. The molecule has 1 aromatic carbocycles. The Morgan fingerprint density at radius 1 is 1.43 bits per heavy atom. The number of phenols is 1. The van der Waals surface area contributed by atoms with E-state index in [-0.39, 0.29) is 17.5 Å². The molecule has 0 unspecified atom stereocenters. The number of thioether (sulfide) groups is 1. The molecule has 0 saturated heterocycles. The first-order chi connectivity index (χ1) is 10.1. The highest BCUT2D eigenvalue weighted by atomic mass is 79.9. The number of rotatable bonds is 5. The first kappa shape index (κ1) is 14.4. The minimum Gasteiger partial charge on any atom is -0.507 e. The van der Waals surface area contributed by atoms with Gasteiger partial charge in [-0.15, -0.1) is 10.2 Å². The van der Waals surface area contributed by atoms with E-state index >= 15 is 0 Å². The Morgan fingerprint density at radius 2 is 2.19 bits per heavy atom. The topological polar surface area (TPSA) is 88.2 Å². The summed E-state index contributed by atoms with van der Waals surface area (Å²) in [6.07, 6.45) is 2.03. The Hall–Kier alpha value is -1.54. The summed E-state index contributed by atoms with van der Waals surface area (Å²) in [4.78, 5) is 10.7. The summed E-state index contributed by atoms with van der Waals surface area (Å²) in [7, 11) is 0. The summed E-state index contributed by atoms with van der Waals surface area (Å²) in [6, 6.07) is 5.49. The normalized spacial score (nSPS) is 14.3. The monoisotopic (exact) mass is 369 g/mol. The van der Waals surface area contributed by atoms with Gasteiger partial charge in [-0.1, -0.05) is 27.7 Å². The second kappa shape index (κ2) is 5.69. The van der Waals surface area contributed by atoms with Gasteiger partial charge >= 0.3 is 5.97 Å². The Bertz CT molecular complexity index is 700. The zero-order chi connectivity index (χ0) is 15.0. The standard InChI is InChI=1S/C13H12BrN3O3S/c14-7-1-4-9(10(18)5-7)12-15-16-13(21-6-11(19)20)17(12)8-2-3-8/h1,4-5,8,18H,2-3,6H2,(H,19,20). The molecule has 1 fully saturated rings. The van der Waals surface area contributed by atoms with Crippen molar-refractivity contribution >= 4 is 33.7 Å². The van der Waals surface area contributed by atoms with Crippen LogP contribution in [0.3, 0.4) is 0 Å². The maximum Gasteiger partial charge on any atom is 0.313 e. The molecule has 3 rings (SSSR count). The molecule has 6 nitrogen and oxygen atoms in total. The van der Waals surface area contributed by atoms with Gasteiger partial charge in [0.25, 0.3) is 0 Å². The zero-order valence-corrected chi connectivity index (χ0v) is 13.3. The van der Waals surface area contributed by atoms with Gasteiger partial charge in [-0.2, -0.15) is 0 Å². The smallest absolute Gasteiger partial charge is 0.313 e. The highest BCUT2D eigenvalue weighted by Gasteiger charge is 2.31. The molecular formula is C13H12BrN3O3S. The largest absolute Gasteiger partial charge is 0.507 e. The molecule has 1 aliphatic carbocycles. The van der Waals surface area contributed by atoms with Crippen LogP contribution in [0, 0.1) is 0 Å². The van der Waals surface area contributed by atoms with Crippen LogP contribution in [0.4, 0.5) is 0 Å². The predicted molar refractivity (Wildman–Crippen MR) is 81.5 cm³/mol. The molecule has 8 heteroatoms. The molecule has 1 saturated carbocycles. The third-order valence-electron chi connectivity index (χ3n) is 3.10. The molecule has 1 aliphatic rings. The maximum atomic E-state index is 10.7. The van der Waals surface area contributed by atoms with E-state index < -0.39 is 5.97 Å². The molecule has 0 radical (unpaired) electrons. The third kappa shape index (κ3) is 3.06. The zero-order valence-electron chi connectivity index (χ0n) is 10.9. The Kier molecular flexibility index (Phi) is 3.90. The van der Waals surface area contributed by atoms with Crippen LogP contribution in [0.5, 0.6) is 5.75 Å². The minimum atomic E-state index is -0.890. The van der Waals surface area contributed by atoms with Crippen LogP contribution in [-0.2, 0) is 4.79 Å². The fraction of sp³-hybridized carbons (Fsp3) is 0.308. The van der Waals surface area contributed by atoms with Crippen molar-refractivity contribution in [3.63, 3.8) is 0 Å². The van der Waals surface area contributed by atoms with Crippen molar-refractivity contribution in [3.8, 4) is 17.1 Å². The molecule has 1 heterocycles. The van der Waals surface area contributed by atoms with Crippen LogP contribution in [0.2, 0.25) is 0 Å². The summed E-state index contributed by atoms with van der Waals surface area (Å²) >= 11 is 4.45. The highest BCUT2D eigenvalue weighted by Crippen LogP contribution is 2.42. The quantitative estimate of drug-likeness (QED) is 0.787. The van der Waals surface area contributed by atoms with Crippen molar-refractivity contribution in [2.75, 3.05) is 5.75 Å². The molecule has 110 valence electrons. The SMILES string of the molecule is O=C(O)CSc1nnc(-c2ccc(Br)cc2O)n1C1CC1. The van der Waals surface area contributed by atoms with E-state index in [9.17, 15) is 9.90 Å². The van der Waals surface area contributed by atoms with E-state index in [2.05, 4.69) is 26.1 Å². The van der Waals surface area contributed by atoms with Gasteiger partial charge in [0.05, 0.1) is 11.3 Å². The summed E-state index contributed by atoms with van der Waals surface area (Å²) in [5.41, 5.74) is 0.597. The van der Waals surface area contributed by atoms with Gasteiger partial charge in [0.15, 0.2) is 11.0 Å². The van der Waals surface area contributed by atoms with Crippen molar-refractivity contribution in [1.82, 2.24) is 14.8 Å². The number of phenolic OH excluding ortho intramolecular Hbond substituents is 1. The number of benzene rings is 1. The summed E-state index contributed by atoms with van der Waals surface area (Å²) in [6.45, 7) is 0. The third-order valence-corrected chi connectivity index (χ3v) is 4.52. The number of carboxylic acid groups (broad SMARTS) is 1. The fourth-order valence-corrected chi connectivity index (χ4v) is 3.12. The first-order valence-corrected chi connectivity index (χ1v) is 8.12. The molecule has 0 aliphatic heterocycles. The molecular weight excluding hydrogens is 358 g/mol. The number of aromatic hydroxyl groups is 1. The Labute approximate surface area is 133 Å². The molecule has 2 aromatic rings. The van der Waals surface area contributed by atoms with Crippen molar-refractivity contribution in [2.24, 2.45) is 0 Å². The van der Waals surface area contributed by atoms with Crippen LogP contribution in [0.25, 0.3) is 11.4 Å². The fourth-order valence-electron chi connectivity index (χ4n) is 2.04. The van der Waals surface area contributed by atoms with Gasteiger partial charge in [-0.05, 0) is 31.0 Å². The van der Waals surface area contributed by atoms with Crippen LogP contribution in [-0.4, -0.2) is 36.7 Å². The lowest BCUT2D eigenvalue weighted by atomic mass is 10.2. The van der Waals surface area contributed by atoms with E-state index in [0.29, 0.717) is 16.5 Å². The van der Waals surface area contributed by atoms with Gasteiger partial charge in [-0.25, -0.2) is 0 Å². The number of aromatic nitrogens is 3. The van der Waals surface area contributed by atoms with Crippen LogP contribution in [0.1, 0.15) is 18.9 Å². The summed E-state index contributed by atoms with van der Waals surface area (Å²) in [5, 5.41) is 27.7. The average Bonchev–Trinajstić information content (AvgIpc) is 3.17. The highest BCUT2D eigenvalue weighted by molar-refractivity contribution is 9.10. The number of nitrogens with zero attached hydrogens (tertiary/aromatic N) is 3. The Balaban J connectivity index is 2.00. The minimum absolute atomic E-state index is 0.0584. The molecule has 0 atom stereocenters. The van der Waals surface area contributed by atoms with Crippen molar-refractivity contribution in [2.45, 2.75) is 24.0 Å². The number of carboxylic acids is 1. The van der Waals surface area contributed by atoms with E-state index in [4.69, 9.17) is 5.11 Å². The molecule has 21 heavy (non-hydrogen) atoms. The Morgan fingerprint density at radius 3 is 2.81 bits per heavy atom. The van der Waals surface area contributed by atoms with Gasteiger partial charge in [0.2, 0.25) is 0 Å². The molecule has 0 bridgehead atoms. The number of hydrogen-bond donors (Lipinski definition) is 2. The van der Waals surface area contributed by atoms with Crippen molar-refractivity contribution in [3.05, 3.63) is 22.7 Å². The number of carbonyl (C=O) groups is 1. The molecule has 1 aromatic heterocycles. The summed E-state index contributed by atoms with van der Waals surface area (Å²) < 4.78 is 2.71. The van der Waals surface area contributed by atoms with Gasteiger partial charge < -0.3 is 10.2 Å². The lowest BCUT2D eigenvalue weighted by molar-refractivity contribution is -0.133. The summed E-state index contributed by atoms with van der Waals surface area (Å²) in [5.74, 6) is -0.251. The van der Waals surface area contributed by atoms with E-state index in [1.165, 1.54) is 0 Å². The van der Waals surface area contributed by atoms with Crippen LogP contribution >= 0.6 is 27.7 Å². The molecule has 0 spiro atoms. The van der Waals surface area contributed by atoms with Crippen LogP contribution < -0.4 is 0 Å². The number of hydrogen-bond acceptors (Lipinski definition) is 5. The van der Waals surface area contributed by atoms with Gasteiger partial charge in [-0.3, -0.25) is 9.36 Å². The predicted octanol–water partition coefficient (Wildman–Crippen LogP) is 2.92. The van der Waals surface area contributed by atoms with E-state index in [1.54, 1.807) is 12.1 Å². The van der Waals surface area contributed by atoms with Crippen molar-refractivity contribution in [1.29, 1.82) is 0 Å². The van der Waals surface area contributed by atoms with E-state index in [0.717, 1.165) is 29.1 Å². The van der Waals surface area contributed by atoms with Crippen molar-refractivity contribution < 1.29 is 15.0 Å². The van der Waals surface area contributed by atoms with E-state index in [1.807, 2.05) is 10.6 Å². The van der Waals surface area contributed by atoms with Gasteiger partial charge in [0.1, 0.15) is 5.75 Å². The maximum absolute atomic E-state index is 10.7. The lowest BCUT2D eigenvalue weighted by Gasteiger charge is -2.09. The second-order valence-electron chi connectivity index (χ2n) is 4.75. The molecule has 2 N–H and O–H groups in total. The molecule has 0 amide bonds.